The van der Waals surface area contributed by atoms with Crippen LogP contribution in [0.4, 0.5) is 8.78 Å². The Morgan fingerprint density at radius 2 is 1.70 bits per heavy atom. The fraction of sp³-hybridized carbons (Fsp3) is 0.625. The van der Waals surface area contributed by atoms with Crippen LogP contribution in [0.25, 0.3) is 0 Å². The lowest BCUT2D eigenvalue weighted by Gasteiger charge is -2.46. The second kappa shape index (κ2) is 4.50. The summed E-state index contributed by atoms with van der Waals surface area (Å²) >= 11 is 0. The maximum Gasteiger partial charge on any atom is 0.126 e. The standard InChI is InChI=1S/C16H20F2N2/c17-13-7-12(8-14(18)9-13)16(3-4-16)19-15-10-20-5-1-11(15)2-6-20/h7-9,11,15,19H,1-6,10H2/t15-/m0/s1. The lowest BCUT2D eigenvalue weighted by atomic mass is 9.83. The number of nitrogens with zero attached hydrogens (tertiary/aromatic N) is 1. The molecule has 0 aromatic heterocycles. The summed E-state index contributed by atoms with van der Waals surface area (Å²) in [6.07, 6.45) is 4.48. The van der Waals surface area contributed by atoms with E-state index >= 15 is 0 Å². The lowest BCUT2D eigenvalue weighted by Crippen LogP contribution is -2.58. The summed E-state index contributed by atoms with van der Waals surface area (Å²) < 4.78 is 26.9. The molecule has 3 heterocycles. The van der Waals surface area contributed by atoms with Gasteiger partial charge in [0, 0.05) is 24.2 Å². The minimum Gasteiger partial charge on any atom is -0.303 e. The number of hydrogen-bond acceptors (Lipinski definition) is 2. The van der Waals surface area contributed by atoms with Crippen LogP contribution in [0.3, 0.4) is 0 Å². The molecule has 1 N–H and O–H groups in total. The molecule has 1 atom stereocenters. The first-order valence-corrected chi connectivity index (χ1v) is 7.61. The molecule has 2 bridgehead atoms. The van der Waals surface area contributed by atoms with E-state index in [2.05, 4.69) is 10.2 Å². The van der Waals surface area contributed by atoms with E-state index < -0.39 is 11.6 Å². The van der Waals surface area contributed by atoms with Gasteiger partial charge in [0.2, 0.25) is 0 Å². The second-order valence-electron chi connectivity index (χ2n) is 6.63. The van der Waals surface area contributed by atoms with Crippen LogP contribution in [-0.4, -0.2) is 30.6 Å². The molecule has 3 saturated heterocycles. The Hall–Kier alpha value is -1.00. The maximum atomic E-state index is 13.4. The van der Waals surface area contributed by atoms with Gasteiger partial charge in [0.25, 0.3) is 0 Å². The van der Waals surface area contributed by atoms with Crippen molar-refractivity contribution < 1.29 is 8.78 Å². The van der Waals surface area contributed by atoms with Gasteiger partial charge in [-0.15, -0.1) is 0 Å². The summed E-state index contributed by atoms with van der Waals surface area (Å²) in [6.45, 7) is 3.51. The normalized spacial score (nSPS) is 34.2. The van der Waals surface area contributed by atoms with Gasteiger partial charge in [-0.2, -0.15) is 0 Å². The monoisotopic (exact) mass is 278 g/mol. The molecule has 20 heavy (non-hydrogen) atoms. The summed E-state index contributed by atoms with van der Waals surface area (Å²) in [5.41, 5.74) is 0.609. The van der Waals surface area contributed by atoms with E-state index in [1.807, 2.05) is 0 Å². The van der Waals surface area contributed by atoms with Crippen molar-refractivity contribution in [3.63, 3.8) is 0 Å². The first kappa shape index (κ1) is 12.7. The molecule has 4 aliphatic rings. The molecule has 1 aromatic carbocycles. The van der Waals surface area contributed by atoms with Gasteiger partial charge in [-0.3, -0.25) is 0 Å². The summed E-state index contributed by atoms with van der Waals surface area (Å²) in [5, 5.41) is 3.73. The molecular formula is C16H20F2N2. The lowest BCUT2D eigenvalue weighted by molar-refractivity contribution is 0.0647. The molecule has 2 nitrogen and oxygen atoms in total. The van der Waals surface area contributed by atoms with Crippen molar-refractivity contribution in [3.8, 4) is 0 Å². The van der Waals surface area contributed by atoms with E-state index in [0.717, 1.165) is 36.9 Å². The quantitative estimate of drug-likeness (QED) is 0.914. The molecule has 0 amide bonds. The Kier molecular flexibility index (Phi) is 2.86. The van der Waals surface area contributed by atoms with Crippen molar-refractivity contribution >= 4 is 0 Å². The van der Waals surface area contributed by atoms with Gasteiger partial charge < -0.3 is 10.2 Å². The fourth-order valence-corrected chi connectivity index (χ4v) is 3.95. The van der Waals surface area contributed by atoms with E-state index in [0.29, 0.717) is 6.04 Å². The van der Waals surface area contributed by atoms with Gasteiger partial charge in [0.15, 0.2) is 0 Å². The second-order valence-corrected chi connectivity index (χ2v) is 6.63. The molecule has 0 spiro atoms. The Bertz CT molecular complexity index is 499. The van der Waals surface area contributed by atoms with Crippen molar-refractivity contribution in [2.24, 2.45) is 5.92 Å². The summed E-state index contributed by atoms with van der Waals surface area (Å²) in [5.74, 6) is -0.208. The van der Waals surface area contributed by atoms with Crippen LogP contribution in [0.1, 0.15) is 31.2 Å². The van der Waals surface area contributed by atoms with Gasteiger partial charge in [0.05, 0.1) is 0 Å². The van der Waals surface area contributed by atoms with Gasteiger partial charge in [0.1, 0.15) is 11.6 Å². The van der Waals surface area contributed by atoms with Gasteiger partial charge in [-0.1, -0.05) is 0 Å². The van der Waals surface area contributed by atoms with E-state index in [9.17, 15) is 8.78 Å². The molecule has 3 aliphatic heterocycles. The highest BCUT2D eigenvalue weighted by molar-refractivity contribution is 5.31. The van der Waals surface area contributed by atoms with Crippen LogP contribution in [0.5, 0.6) is 0 Å². The molecule has 1 saturated carbocycles. The van der Waals surface area contributed by atoms with Crippen molar-refractivity contribution in [1.82, 2.24) is 10.2 Å². The van der Waals surface area contributed by atoms with E-state index in [1.165, 1.54) is 38.1 Å². The van der Waals surface area contributed by atoms with E-state index in [1.54, 1.807) is 0 Å². The number of hydrogen-bond donors (Lipinski definition) is 1. The van der Waals surface area contributed by atoms with E-state index in [4.69, 9.17) is 0 Å². The molecule has 1 aromatic rings. The smallest absolute Gasteiger partial charge is 0.126 e. The summed E-state index contributed by atoms with van der Waals surface area (Å²) in [7, 11) is 0. The van der Waals surface area contributed by atoms with Gasteiger partial charge in [-0.05, 0) is 62.4 Å². The molecule has 0 radical (unpaired) electrons. The van der Waals surface area contributed by atoms with Crippen LogP contribution in [0, 0.1) is 17.6 Å². The highest BCUT2D eigenvalue weighted by Crippen LogP contribution is 2.47. The molecule has 4 heteroatoms. The Balaban J connectivity index is 1.55. The largest absolute Gasteiger partial charge is 0.303 e. The number of benzene rings is 1. The molecule has 1 aliphatic carbocycles. The topological polar surface area (TPSA) is 15.3 Å². The number of rotatable bonds is 3. The molecule has 0 unspecified atom stereocenters. The van der Waals surface area contributed by atoms with Crippen molar-refractivity contribution in [2.45, 2.75) is 37.3 Å². The van der Waals surface area contributed by atoms with Gasteiger partial charge >= 0.3 is 0 Å². The zero-order chi connectivity index (χ0) is 13.7. The zero-order valence-electron chi connectivity index (χ0n) is 11.5. The first-order valence-electron chi connectivity index (χ1n) is 7.61. The molecule has 108 valence electrons. The summed E-state index contributed by atoms with van der Waals surface area (Å²) in [6, 6.07) is 4.41. The fourth-order valence-electron chi connectivity index (χ4n) is 3.95. The van der Waals surface area contributed by atoms with Crippen LogP contribution in [0.2, 0.25) is 0 Å². The SMILES string of the molecule is Fc1cc(F)cc(C2(N[C@H]3CN4CCC3CC4)CC2)c1. The highest BCUT2D eigenvalue weighted by Gasteiger charge is 2.48. The van der Waals surface area contributed by atoms with Crippen molar-refractivity contribution in [3.05, 3.63) is 35.4 Å². The molecule has 4 fully saturated rings. The third-order valence-corrected chi connectivity index (χ3v) is 5.28. The minimum atomic E-state index is -0.470. The zero-order valence-corrected chi connectivity index (χ0v) is 11.5. The van der Waals surface area contributed by atoms with Crippen LogP contribution < -0.4 is 5.32 Å². The number of fused-ring (bicyclic) bond motifs is 3. The number of halogens is 2. The predicted molar refractivity (Wildman–Crippen MR) is 73.4 cm³/mol. The molecular weight excluding hydrogens is 258 g/mol. The number of piperidine rings is 3. The van der Waals surface area contributed by atoms with Crippen LogP contribution in [-0.2, 0) is 5.54 Å². The average Bonchev–Trinajstić information content (AvgIpc) is 3.20. The van der Waals surface area contributed by atoms with Gasteiger partial charge in [-0.25, -0.2) is 8.78 Å². The third-order valence-electron chi connectivity index (χ3n) is 5.28. The Morgan fingerprint density at radius 3 is 2.20 bits per heavy atom. The highest BCUT2D eigenvalue weighted by atomic mass is 19.1. The van der Waals surface area contributed by atoms with Crippen molar-refractivity contribution in [1.29, 1.82) is 0 Å². The number of nitrogens with one attached hydrogen (secondary N) is 1. The maximum absolute atomic E-state index is 13.4. The summed E-state index contributed by atoms with van der Waals surface area (Å²) in [4.78, 5) is 2.50. The first-order chi connectivity index (χ1) is 9.64. The van der Waals surface area contributed by atoms with Crippen LogP contribution >= 0.6 is 0 Å². The Labute approximate surface area is 118 Å². The average molecular weight is 278 g/mol. The minimum absolute atomic E-state index is 0.174. The van der Waals surface area contributed by atoms with Crippen molar-refractivity contribution in [2.75, 3.05) is 19.6 Å². The predicted octanol–water partition coefficient (Wildman–Crippen LogP) is 2.64. The third kappa shape index (κ3) is 2.15. The Morgan fingerprint density at radius 1 is 1.05 bits per heavy atom. The molecule has 5 rings (SSSR count). The van der Waals surface area contributed by atoms with Crippen LogP contribution in [0.15, 0.2) is 18.2 Å². The van der Waals surface area contributed by atoms with E-state index in [-0.39, 0.29) is 5.54 Å².